The van der Waals surface area contributed by atoms with Crippen molar-refractivity contribution in [2.24, 2.45) is 5.41 Å². The number of alkyl halides is 1. The quantitative estimate of drug-likeness (QED) is 0.398. The Morgan fingerprint density at radius 3 is 2.22 bits per heavy atom. The monoisotopic (exact) mass is 274 g/mol. The average molecular weight is 275 g/mol. The molecule has 0 aromatic rings. The van der Waals surface area contributed by atoms with Crippen LogP contribution in [0.15, 0.2) is 11.6 Å². The van der Waals surface area contributed by atoms with E-state index in [2.05, 4.69) is 6.92 Å². The maximum absolute atomic E-state index is 11.5. The molecule has 0 fully saturated rings. The molecule has 0 N–H and O–H groups in total. The lowest BCUT2D eigenvalue weighted by molar-refractivity contribution is -0.151. The number of halogens is 1. The van der Waals surface area contributed by atoms with Gasteiger partial charge in [0.25, 0.3) is 0 Å². The maximum Gasteiger partial charge on any atom is 0.311 e. The molecule has 2 nitrogen and oxygen atoms in total. The second kappa shape index (κ2) is 7.18. The summed E-state index contributed by atoms with van der Waals surface area (Å²) in [5, 5.41) is 0. The first-order valence-electron chi connectivity index (χ1n) is 6.54. The number of hydrogen-bond acceptors (Lipinski definition) is 2. The summed E-state index contributed by atoms with van der Waals surface area (Å²) in [6, 6.07) is 0. The minimum Gasteiger partial charge on any atom is -0.461 e. The van der Waals surface area contributed by atoms with Crippen LogP contribution in [0.4, 0.5) is 0 Å². The first kappa shape index (κ1) is 17.5. The summed E-state index contributed by atoms with van der Waals surface area (Å²) in [6.45, 7) is 12.0. The summed E-state index contributed by atoms with van der Waals surface area (Å²) < 4.78 is 5.18. The number of carbonyl (C=O) groups is 1. The molecule has 0 aliphatic rings. The molecule has 0 unspecified atom stereocenters. The third kappa shape index (κ3) is 9.52. The lowest BCUT2D eigenvalue weighted by Crippen LogP contribution is -2.22. The fourth-order valence-corrected chi connectivity index (χ4v) is 1.50. The Labute approximate surface area is 117 Å². The zero-order valence-corrected chi connectivity index (χ0v) is 13.4. The highest BCUT2D eigenvalue weighted by Crippen LogP contribution is 2.22. The van der Waals surface area contributed by atoms with Crippen LogP contribution in [0.25, 0.3) is 0 Å². The summed E-state index contributed by atoms with van der Waals surface area (Å²) >= 11 is 6.12. The van der Waals surface area contributed by atoms with Crippen LogP contribution in [-0.4, -0.2) is 17.5 Å². The molecule has 0 atom stereocenters. The molecule has 3 heteroatoms. The van der Waals surface area contributed by atoms with Crippen LogP contribution in [-0.2, 0) is 9.53 Å². The molecule has 0 saturated heterocycles. The second-order valence-corrected chi connectivity index (χ2v) is 7.49. The first-order valence-corrected chi connectivity index (χ1v) is 6.92. The van der Waals surface area contributed by atoms with Gasteiger partial charge < -0.3 is 4.74 Å². The van der Waals surface area contributed by atoms with Crippen molar-refractivity contribution >= 4 is 17.6 Å². The van der Waals surface area contributed by atoms with Crippen molar-refractivity contribution in [1.82, 2.24) is 0 Å². The van der Waals surface area contributed by atoms with E-state index in [-0.39, 0.29) is 10.8 Å². The topological polar surface area (TPSA) is 26.3 Å². The summed E-state index contributed by atoms with van der Waals surface area (Å²) in [5.74, 6) is -0.159. The van der Waals surface area contributed by atoms with Crippen molar-refractivity contribution in [3.63, 3.8) is 0 Å². The van der Waals surface area contributed by atoms with Crippen LogP contribution in [0, 0.1) is 5.41 Å². The van der Waals surface area contributed by atoms with Crippen LogP contribution in [0.1, 0.15) is 60.8 Å². The molecule has 18 heavy (non-hydrogen) atoms. The van der Waals surface area contributed by atoms with Crippen LogP contribution in [0.2, 0.25) is 0 Å². The van der Waals surface area contributed by atoms with Crippen LogP contribution in [0.3, 0.4) is 0 Å². The molecular formula is C15H27ClO2. The maximum atomic E-state index is 11.5. The van der Waals surface area contributed by atoms with Gasteiger partial charge in [0.05, 0.1) is 5.41 Å². The molecule has 0 rings (SSSR count). The number of ether oxygens (including phenoxy) is 1. The molecule has 0 bridgehead atoms. The van der Waals surface area contributed by atoms with E-state index in [0.717, 1.165) is 19.3 Å². The molecule has 0 saturated carbocycles. The van der Waals surface area contributed by atoms with Crippen LogP contribution < -0.4 is 0 Å². The third-order valence-electron chi connectivity index (χ3n) is 2.60. The van der Waals surface area contributed by atoms with Crippen LogP contribution in [0.5, 0.6) is 0 Å². The van der Waals surface area contributed by atoms with E-state index in [1.807, 2.05) is 40.7 Å². The number of carbonyl (C=O) groups excluding carboxylic acids is 1. The van der Waals surface area contributed by atoms with Gasteiger partial charge in [-0.05, 0) is 66.9 Å². The van der Waals surface area contributed by atoms with Crippen LogP contribution >= 0.6 is 11.6 Å². The smallest absolute Gasteiger partial charge is 0.311 e. The van der Waals surface area contributed by atoms with E-state index in [4.69, 9.17) is 16.3 Å². The SMILES string of the molecule is C/C(=C\COC(=O)C(C)(C)C)CCCC(C)(C)Cl. The molecule has 0 aliphatic heterocycles. The number of hydrogen-bond donors (Lipinski definition) is 0. The molecule has 0 aliphatic carbocycles. The Balaban J connectivity index is 3.89. The van der Waals surface area contributed by atoms with E-state index >= 15 is 0 Å². The predicted octanol–water partition coefficient (Wildman–Crippen LogP) is 4.71. The average Bonchev–Trinajstić information content (AvgIpc) is 2.13. The summed E-state index contributed by atoms with van der Waals surface area (Å²) in [7, 11) is 0. The van der Waals surface area contributed by atoms with Crippen molar-refractivity contribution in [3.8, 4) is 0 Å². The highest BCUT2D eigenvalue weighted by molar-refractivity contribution is 6.23. The second-order valence-electron chi connectivity index (χ2n) is 6.47. The minimum absolute atomic E-state index is 0.126. The van der Waals surface area contributed by atoms with Crippen molar-refractivity contribution in [2.45, 2.75) is 65.7 Å². The molecular weight excluding hydrogens is 248 g/mol. The van der Waals surface area contributed by atoms with Gasteiger partial charge in [0, 0.05) is 4.87 Å². The summed E-state index contributed by atoms with van der Waals surface area (Å²) in [5.41, 5.74) is 0.822. The Morgan fingerprint density at radius 2 is 1.78 bits per heavy atom. The highest BCUT2D eigenvalue weighted by Gasteiger charge is 2.22. The van der Waals surface area contributed by atoms with Gasteiger partial charge in [-0.2, -0.15) is 0 Å². The standard InChI is InChI=1S/C15H27ClO2/c1-12(8-7-10-15(5,6)16)9-11-18-13(17)14(2,3)4/h9H,7-8,10-11H2,1-6H3/b12-9+. The molecule has 106 valence electrons. The number of rotatable bonds is 6. The Kier molecular flexibility index (Phi) is 6.98. The normalized spacial score (nSPS) is 13.6. The molecule has 0 heterocycles. The van der Waals surface area contributed by atoms with Crippen molar-refractivity contribution in [2.75, 3.05) is 6.61 Å². The van der Waals surface area contributed by atoms with Gasteiger partial charge >= 0.3 is 5.97 Å². The van der Waals surface area contributed by atoms with E-state index in [9.17, 15) is 4.79 Å². The molecule has 0 amide bonds. The molecule has 0 aromatic heterocycles. The largest absolute Gasteiger partial charge is 0.461 e. The Morgan fingerprint density at radius 1 is 1.22 bits per heavy atom. The Bertz CT molecular complexity index is 293. The molecule has 0 radical (unpaired) electrons. The predicted molar refractivity (Wildman–Crippen MR) is 78.0 cm³/mol. The zero-order chi connectivity index (χ0) is 14.4. The summed E-state index contributed by atoms with van der Waals surface area (Å²) in [6.07, 6.45) is 5.03. The van der Waals surface area contributed by atoms with Crippen molar-refractivity contribution < 1.29 is 9.53 Å². The van der Waals surface area contributed by atoms with E-state index in [0.29, 0.717) is 6.61 Å². The van der Waals surface area contributed by atoms with Gasteiger partial charge in [-0.25, -0.2) is 0 Å². The van der Waals surface area contributed by atoms with Gasteiger partial charge in [-0.1, -0.05) is 5.57 Å². The minimum atomic E-state index is -0.426. The number of esters is 1. The first-order chi connectivity index (χ1) is 8.02. The van der Waals surface area contributed by atoms with Gasteiger partial charge in [0.1, 0.15) is 6.61 Å². The molecule has 0 spiro atoms. The number of allylic oxidation sites excluding steroid dienone is 1. The van der Waals surface area contributed by atoms with E-state index < -0.39 is 5.41 Å². The van der Waals surface area contributed by atoms with Crippen molar-refractivity contribution in [3.05, 3.63) is 11.6 Å². The molecule has 0 aromatic carbocycles. The Hall–Kier alpha value is -0.500. The van der Waals surface area contributed by atoms with Crippen molar-refractivity contribution in [1.29, 1.82) is 0 Å². The van der Waals surface area contributed by atoms with E-state index in [1.165, 1.54) is 5.57 Å². The lowest BCUT2D eigenvalue weighted by Gasteiger charge is -2.16. The fourth-order valence-electron chi connectivity index (χ4n) is 1.37. The van der Waals surface area contributed by atoms with Gasteiger partial charge in [-0.15, -0.1) is 11.6 Å². The fraction of sp³-hybridized carbons (Fsp3) is 0.800. The highest BCUT2D eigenvalue weighted by atomic mass is 35.5. The van der Waals surface area contributed by atoms with Gasteiger partial charge in [-0.3, -0.25) is 4.79 Å². The van der Waals surface area contributed by atoms with Gasteiger partial charge in [0.2, 0.25) is 0 Å². The van der Waals surface area contributed by atoms with Gasteiger partial charge in [0.15, 0.2) is 0 Å². The zero-order valence-electron chi connectivity index (χ0n) is 12.6. The summed E-state index contributed by atoms with van der Waals surface area (Å²) in [4.78, 5) is 11.4. The van der Waals surface area contributed by atoms with E-state index in [1.54, 1.807) is 0 Å². The lowest BCUT2D eigenvalue weighted by atomic mass is 9.97. The third-order valence-corrected chi connectivity index (χ3v) is 2.79.